The highest BCUT2D eigenvalue weighted by atomic mass is 32.1. The van der Waals surface area contributed by atoms with Gasteiger partial charge in [-0.05, 0) is 25.3 Å². The molecule has 0 atom stereocenters. The van der Waals surface area contributed by atoms with Gasteiger partial charge in [-0.1, -0.05) is 13.8 Å². The molecule has 100 valence electrons. The molecule has 0 aliphatic rings. The second-order valence-corrected chi connectivity index (χ2v) is 5.69. The van der Waals surface area contributed by atoms with Crippen molar-refractivity contribution in [3.8, 4) is 10.7 Å². The average Bonchev–Trinajstić information content (AvgIpc) is 2.72. The summed E-state index contributed by atoms with van der Waals surface area (Å²) >= 11 is 1.17. The van der Waals surface area contributed by atoms with Crippen molar-refractivity contribution in [1.82, 2.24) is 15.0 Å². The number of aromatic nitrogens is 3. The number of aryl methyl sites for hydroxylation is 1. The highest BCUT2D eigenvalue weighted by Gasteiger charge is 2.19. The Balaban J connectivity index is 2.45. The van der Waals surface area contributed by atoms with Crippen molar-refractivity contribution in [2.45, 2.75) is 27.2 Å². The molecule has 0 radical (unpaired) electrons. The Labute approximate surface area is 115 Å². The highest BCUT2D eigenvalue weighted by Crippen LogP contribution is 2.28. The Morgan fingerprint density at radius 1 is 1.42 bits per heavy atom. The fraction of sp³-hybridized carbons (Fsp3) is 0.385. The van der Waals surface area contributed by atoms with Crippen LogP contribution in [-0.2, 0) is 6.42 Å². The third-order valence-corrected chi connectivity index (χ3v) is 3.60. The topological polar surface area (TPSA) is 76.0 Å². The van der Waals surface area contributed by atoms with E-state index in [9.17, 15) is 9.90 Å². The molecule has 19 heavy (non-hydrogen) atoms. The second-order valence-electron chi connectivity index (χ2n) is 4.69. The van der Waals surface area contributed by atoms with Crippen LogP contribution in [0.5, 0.6) is 0 Å². The summed E-state index contributed by atoms with van der Waals surface area (Å²) in [5.74, 6) is 0.0837. The van der Waals surface area contributed by atoms with Gasteiger partial charge in [0.05, 0.1) is 5.69 Å². The van der Waals surface area contributed by atoms with Crippen LogP contribution >= 0.6 is 11.3 Å². The predicted octanol–water partition coefficient (Wildman–Crippen LogP) is 2.81. The van der Waals surface area contributed by atoms with E-state index in [4.69, 9.17) is 0 Å². The quantitative estimate of drug-likeness (QED) is 0.930. The van der Waals surface area contributed by atoms with Crippen molar-refractivity contribution < 1.29 is 9.90 Å². The van der Waals surface area contributed by atoms with Crippen molar-refractivity contribution in [2.75, 3.05) is 0 Å². The molecule has 0 unspecified atom stereocenters. The second kappa shape index (κ2) is 5.44. The minimum atomic E-state index is -0.926. The molecule has 0 aliphatic carbocycles. The molecule has 0 spiro atoms. The maximum Gasteiger partial charge on any atom is 0.347 e. The van der Waals surface area contributed by atoms with Crippen molar-refractivity contribution >= 4 is 17.3 Å². The van der Waals surface area contributed by atoms with Crippen LogP contribution in [0.4, 0.5) is 0 Å². The minimum absolute atomic E-state index is 0.306. The Morgan fingerprint density at radius 3 is 2.74 bits per heavy atom. The summed E-state index contributed by atoms with van der Waals surface area (Å²) in [4.78, 5) is 24.3. The molecule has 2 aromatic rings. The first-order valence-electron chi connectivity index (χ1n) is 6.00. The molecule has 0 bridgehead atoms. The molecule has 2 heterocycles. The van der Waals surface area contributed by atoms with Crippen LogP contribution in [0.3, 0.4) is 0 Å². The predicted molar refractivity (Wildman–Crippen MR) is 73.4 cm³/mol. The summed E-state index contributed by atoms with van der Waals surface area (Å²) in [6, 6.07) is 1.75. The molecule has 0 fully saturated rings. The lowest BCUT2D eigenvalue weighted by Crippen LogP contribution is -2.02. The Bertz CT molecular complexity index is 608. The molecule has 5 nitrogen and oxygen atoms in total. The zero-order chi connectivity index (χ0) is 14.0. The van der Waals surface area contributed by atoms with Crippen LogP contribution in [0, 0.1) is 12.8 Å². The van der Waals surface area contributed by atoms with Gasteiger partial charge in [-0.25, -0.2) is 19.7 Å². The summed E-state index contributed by atoms with van der Waals surface area (Å²) in [5, 5.41) is 9.87. The van der Waals surface area contributed by atoms with Gasteiger partial charge >= 0.3 is 5.97 Å². The van der Waals surface area contributed by atoms with Crippen LogP contribution in [0.2, 0.25) is 0 Å². The lowest BCUT2D eigenvalue weighted by Gasteiger charge is -2.01. The van der Waals surface area contributed by atoms with Crippen molar-refractivity contribution in [1.29, 1.82) is 0 Å². The van der Waals surface area contributed by atoms with Gasteiger partial charge in [0.1, 0.15) is 21.4 Å². The summed E-state index contributed by atoms with van der Waals surface area (Å²) in [6.45, 7) is 5.88. The number of aromatic carboxylic acids is 1. The fourth-order valence-electron chi connectivity index (χ4n) is 1.73. The molecular formula is C13H15N3O2S. The van der Waals surface area contributed by atoms with Crippen molar-refractivity contribution in [3.05, 3.63) is 28.7 Å². The number of nitrogens with zero attached hydrogens (tertiary/aromatic N) is 3. The normalized spacial score (nSPS) is 10.9. The maximum absolute atomic E-state index is 11.3. The summed E-state index contributed by atoms with van der Waals surface area (Å²) in [7, 11) is 0. The number of carboxylic acid groups (broad SMARTS) is 1. The zero-order valence-electron chi connectivity index (χ0n) is 11.0. The number of hydrogen-bond donors (Lipinski definition) is 1. The first kappa shape index (κ1) is 13.6. The average molecular weight is 277 g/mol. The van der Waals surface area contributed by atoms with Gasteiger partial charge in [-0.3, -0.25) is 0 Å². The molecule has 0 aliphatic heterocycles. The summed E-state index contributed by atoms with van der Waals surface area (Å²) < 4.78 is 0. The number of carboxylic acids is 1. The molecule has 2 aromatic heterocycles. The van der Waals surface area contributed by atoms with E-state index in [1.165, 1.54) is 11.3 Å². The number of hydrogen-bond acceptors (Lipinski definition) is 5. The van der Waals surface area contributed by atoms with Gasteiger partial charge in [0.2, 0.25) is 0 Å². The number of carbonyl (C=O) groups is 1. The Hall–Kier alpha value is -1.82. The smallest absolute Gasteiger partial charge is 0.347 e. The van der Waals surface area contributed by atoms with E-state index in [1.54, 1.807) is 19.2 Å². The Morgan fingerprint density at radius 2 is 2.16 bits per heavy atom. The molecule has 6 heteroatoms. The van der Waals surface area contributed by atoms with E-state index in [1.807, 2.05) is 13.8 Å². The first-order chi connectivity index (χ1) is 8.97. The maximum atomic E-state index is 11.3. The summed E-state index contributed by atoms with van der Waals surface area (Å²) in [5.41, 5.74) is 1.31. The van der Waals surface area contributed by atoms with E-state index >= 15 is 0 Å². The molecule has 0 saturated carbocycles. The Kier molecular flexibility index (Phi) is 3.90. The van der Waals surface area contributed by atoms with Gasteiger partial charge < -0.3 is 5.11 Å². The third kappa shape index (κ3) is 3.14. The molecule has 0 amide bonds. The van der Waals surface area contributed by atoms with Gasteiger partial charge in [-0.15, -0.1) is 11.3 Å². The van der Waals surface area contributed by atoms with Crippen LogP contribution in [0.1, 0.15) is 35.0 Å². The molecule has 0 saturated heterocycles. The number of rotatable bonds is 4. The minimum Gasteiger partial charge on any atom is -0.477 e. The van der Waals surface area contributed by atoms with Crippen LogP contribution < -0.4 is 0 Å². The monoisotopic (exact) mass is 277 g/mol. The van der Waals surface area contributed by atoms with Crippen LogP contribution in [0.25, 0.3) is 10.7 Å². The first-order valence-corrected chi connectivity index (χ1v) is 6.82. The van der Waals surface area contributed by atoms with E-state index in [2.05, 4.69) is 15.0 Å². The van der Waals surface area contributed by atoms with Crippen LogP contribution in [-0.4, -0.2) is 26.0 Å². The van der Waals surface area contributed by atoms with Gasteiger partial charge in [0, 0.05) is 6.20 Å². The molecule has 0 aromatic carbocycles. The third-order valence-electron chi connectivity index (χ3n) is 2.49. The fourth-order valence-corrected chi connectivity index (χ4v) is 2.63. The highest BCUT2D eigenvalue weighted by molar-refractivity contribution is 7.17. The SMILES string of the molecule is Cc1nccc(-c2nc(CC(C)C)c(C(=O)O)s2)n1. The van der Waals surface area contributed by atoms with E-state index in [0.717, 1.165) is 0 Å². The van der Waals surface area contributed by atoms with E-state index < -0.39 is 5.97 Å². The lowest BCUT2D eigenvalue weighted by molar-refractivity contribution is 0.0700. The molecule has 2 rings (SSSR count). The van der Waals surface area contributed by atoms with Crippen molar-refractivity contribution in [3.63, 3.8) is 0 Å². The van der Waals surface area contributed by atoms with E-state index in [-0.39, 0.29) is 0 Å². The lowest BCUT2D eigenvalue weighted by atomic mass is 10.1. The largest absolute Gasteiger partial charge is 0.477 e. The van der Waals surface area contributed by atoms with Gasteiger partial charge in [0.15, 0.2) is 0 Å². The van der Waals surface area contributed by atoms with Gasteiger partial charge in [-0.2, -0.15) is 0 Å². The molecular weight excluding hydrogens is 262 g/mol. The standard InChI is InChI=1S/C13H15N3O2S/c1-7(2)6-10-11(13(17)18)19-12(16-10)9-4-5-14-8(3)15-9/h4-5,7H,6H2,1-3H3,(H,17,18). The van der Waals surface area contributed by atoms with Gasteiger partial charge in [0.25, 0.3) is 0 Å². The zero-order valence-corrected chi connectivity index (χ0v) is 11.9. The van der Waals surface area contributed by atoms with Crippen molar-refractivity contribution in [2.24, 2.45) is 5.92 Å². The van der Waals surface area contributed by atoms with Crippen LogP contribution in [0.15, 0.2) is 12.3 Å². The molecule has 1 N–H and O–H groups in total. The van der Waals surface area contributed by atoms with E-state index in [0.29, 0.717) is 39.4 Å². The number of thiazole rings is 1. The summed E-state index contributed by atoms with van der Waals surface area (Å²) in [6.07, 6.45) is 2.31.